The van der Waals surface area contributed by atoms with Gasteiger partial charge in [-0.15, -0.1) is 11.3 Å². The molecule has 1 aliphatic rings. The molecule has 25 heavy (non-hydrogen) atoms. The van der Waals surface area contributed by atoms with Crippen LogP contribution in [0, 0.1) is 5.92 Å². The van der Waals surface area contributed by atoms with E-state index in [1.807, 2.05) is 24.3 Å². The zero-order valence-electron chi connectivity index (χ0n) is 14.2. The number of hydrogen-bond acceptors (Lipinski definition) is 5. The Morgan fingerprint density at radius 3 is 3.00 bits per heavy atom. The summed E-state index contributed by atoms with van der Waals surface area (Å²) in [7, 11) is 2.09. The third-order valence-corrected chi connectivity index (χ3v) is 5.66. The molecular weight excluding hydrogens is 334 g/mol. The van der Waals surface area contributed by atoms with Gasteiger partial charge in [0.1, 0.15) is 4.83 Å². The fraction of sp³-hybridized carbons (Fsp3) is 0.368. The Balaban J connectivity index is 1.65. The van der Waals surface area contributed by atoms with Crippen LogP contribution in [0.15, 0.2) is 47.5 Å². The van der Waals surface area contributed by atoms with Crippen molar-refractivity contribution in [2.75, 3.05) is 33.4 Å². The molecule has 3 aromatic rings. The van der Waals surface area contributed by atoms with Gasteiger partial charge < -0.3 is 9.64 Å². The molecule has 1 aliphatic heterocycles. The molecule has 1 fully saturated rings. The van der Waals surface area contributed by atoms with Crippen LogP contribution in [0.2, 0.25) is 0 Å². The minimum absolute atomic E-state index is 0.0373. The van der Waals surface area contributed by atoms with E-state index in [1.54, 1.807) is 22.2 Å². The van der Waals surface area contributed by atoms with E-state index in [-0.39, 0.29) is 5.56 Å². The summed E-state index contributed by atoms with van der Waals surface area (Å²) in [5.74, 6) is 0.302. The Labute approximate surface area is 150 Å². The second-order valence-corrected chi connectivity index (χ2v) is 7.63. The van der Waals surface area contributed by atoms with E-state index in [1.165, 1.54) is 0 Å². The number of hydrogen-bond donors (Lipinski definition) is 0. The van der Waals surface area contributed by atoms with Crippen LogP contribution >= 0.6 is 11.3 Å². The van der Waals surface area contributed by atoms with Crippen molar-refractivity contribution >= 4 is 21.6 Å². The Bertz CT molecular complexity index is 919. The molecular formula is C19H21N3O2S. The SMILES string of the molecule is CN1CCOCC(Cn2cnc3sc(-c4ccccc4)cc3c2=O)C1. The summed E-state index contributed by atoms with van der Waals surface area (Å²) in [5.41, 5.74) is 1.16. The Hall–Kier alpha value is -2.02. The van der Waals surface area contributed by atoms with Crippen molar-refractivity contribution in [1.82, 2.24) is 14.5 Å². The number of thiophene rings is 1. The van der Waals surface area contributed by atoms with Crippen LogP contribution in [0.4, 0.5) is 0 Å². The van der Waals surface area contributed by atoms with Crippen molar-refractivity contribution in [1.29, 1.82) is 0 Å². The van der Waals surface area contributed by atoms with Gasteiger partial charge in [-0.05, 0) is 18.7 Å². The molecule has 4 rings (SSSR count). The molecule has 6 heteroatoms. The number of ether oxygens (including phenoxy) is 1. The minimum atomic E-state index is 0.0373. The van der Waals surface area contributed by atoms with Gasteiger partial charge in [0, 0.05) is 30.4 Å². The lowest BCUT2D eigenvalue weighted by Gasteiger charge is -2.19. The van der Waals surface area contributed by atoms with Crippen LogP contribution in [-0.2, 0) is 11.3 Å². The first-order valence-electron chi connectivity index (χ1n) is 8.51. The number of nitrogens with zero attached hydrogens (tertiary/aromatic N) is 3. The van der Waals surface area contributed by atoms with Gasteiger partial charge in [0.25, 0.3) is 5.56 Å². The summed E-state index contributed by atoms with van der Waals surface area (Å²) in [6.07, 6.45) is 1.68. The van der Waals surface area contributed by atoms with Crippen molar-refractivity contribution < 1.29 is 4.74 Å². The molecule has 0 amide bonds. The van der Waals surface area contributed by atoms with Crippen LogP contribution < -0.4 is 5.56 Å². The quantitative estimate of drug-likeness (QED) is 0.725. The fourth-order valence-corrected chi connectivity index (χ4v) is 4.27. The van der Waals surface area contributed by atoms with Crippen LogP contribution in [0.25, 0.3) is 20.7 Å². The lowest BCUT2D eigenvalue weighted by Crippen LogP contribution is -2.31. The molecule has 0 radical (unpaired) electrons. The van der Waals surface area contributed by atoms with E-state index >= 15 is 0 Å². The predicted octanol–water partition coefficient (Wildman–Crippen LogP) is 2.70. The molecule has 0 bridgehead atoms. The smallest absolute Gasteiger partial charge is 0.262 e. The summed E-state index contributed by atoms with van der Waals surface area (Å²) in [4.78, 5) is 21.5. The highest BCUT2D eigenvalue weighted by Gasteiger charge is 2.18. The largest absolute Gasteiger partial charge is 0.380 e. The summed E-state index contributed by atoms with van der Waals surface area (Å²) in [5, 5.41) is 0.703. The first-order valence-corrected chi connectivity index (χ1v) is 9.33. The highest BCUT2D eigenvalue weighted by Crippen LogP contribution is 2.30. The van der Waals surface area contributed by atoms with Crippen LogP contribution in [0.1, 0.15) is 0 Å². The van der Waals surface area contributed by atoms with E-state index in [4.69, 9.17) is 4.74 Å². The van der Waals surface area contributed by atoms with E-state index in [2.05, 4.69) is 29.1 Å². The number of likely N-dealkylation sites (N-methyl/N-ethyl adjacent to an activating group) is 1. The first kappa shape index (κ1) is 16.4. The van der Waals surface area contributed by atoms with Crippen molar-refractivity contribution in [3.63, 3.8) is 0 Å². The second kappa shape index (κ2) is 7.07. The van der Waals surface area contributed by atoms with Crippen molar-refractivity contribution in [3.05, 3.63) is 53.1 Å². The van der Waals surface area contributed by atoms with Crippen LogP contribution in [-0.4, -0.2) is 47.8 Å². The minimum Gasteiger partial charge on any atom is -0.380 e. The van der Waals surface area contributed by atoms with Crippen LogP contribution in [0.3, 0.4) is 0 Å². The molecule has 1 saturated heterocycles. The summed E-state index contributed by atoms with van der Waals surface area (Å²) >= 11 is 1.57. The van der Waals surface area contributed by atoms with E-state index in [0.717, 1.165) is 35.0 Å². The number of rotatable bonds is 3. The molecule has 1 aromatic carbocycles. The Kier molecular flexibility index (Phi) is 4.65. The topological polar surface area (TPSA) is 47.4 Å². The maximum atomic E-state index is 12.9. The monoisotopic (exact) mass is 355 g/mol. The van der Waals surface area contributed by atoms with Gasteiger partial charge in [-0.25, -0.2) is 4.98 Å². The van der Waals surface area contributed by atoms with Gasteiger partial charge in [-0.2, -0.15) is 0 Å². The zero-order valence-corrected chi connectivity index (χ0v) is 15.0. The highest BCUT2D eigenvalue weighted by molar-refractivity contribution is 7.21. The van der Waals surface area contributed by atoms with Gasteiger partial charge in [0.15, 0.2) is 0 Å². The molecule has 3 heterocycles. The lowest BCUT2D eigenvalue weighted by atomic mass is 10.1. The molecule has 1 atom stereocenters. The molecule has 2 aromatic heterocycles. The van der Waals surface area contributed by atoms with E-state index < -0.39 is 0 Å². The summed E-state index contributed by atoms with van der Waals surface area (Å²) in [6, 6.07) is 12.1. The number of aromatic nitrogens is 2. The summed E-state index contributed by atoms with van der Waals surface area (Å²) < 4.78 is 7.40. The Morgan fingerprint density at radius 2 is 2.16 bits per heavy atom. The van der Waals surface area contributed by atoms with Crippen molar-refractivity contribution in [3.8, 4) is 10.4 Å². The number of fused-ring (bicyclic) bond motifs is 1. The van der Waals surface area contributed by atoms with E-state index in [9.17, 15) is 4.79 Å². The third-order valence-electron chi connectivity index (χ3n) is 4.57. The molecule has 0 aliphatic carbocycles. The molecule has 0 saturated carbocycles. The van der Waals surface area contributed by atoms with Crippen molar-refractivity contribution in [2.24, 2.45) is 5.92 Å². The molecule has 0 spiro atoms. The van der Waals surface area contributed by atoms with Gasteiger partial charge in [0.2, 0.25) is 0 Å². The molecule has 0 N–H and O–H groups in total. The van der Waals surface area contributed by atoms with Gasteiger partial charge in [-0.3, -0.25) is 9.36 Å². The summed E-state index contributed by atoms with van der Waals surface area (Å²) in [6.45, 7) is 3.96. The molecule has 5 nitrogen and oxygen atoms in total. The third kappa shape index (κ3) is 3.51. The molecule has 130 valence electrons. The van der Waals surface area contributed by atoms with Gasteiger partial charge >= 0.3 is 0 Å². The van der Waals surface area contributed by atoms with Crippen molar-refractivity contribution in [2.45, 2.75) is 6.54 Å². The van der Waals surface area contributed by atoms with Gasteiger partial charge in [0.05, 0.1) is 24.9 Å². The fourth-order valence-electron chi connectivity index (χ4n) is 3.28. The Morgan fingerprint density at radius 1 is 1.32 bits per heavy atom. The number of benzene rings is 1. The zero-order chi connectivity index (χ0) is 17.2. The predicted molar refractivity (Wildman–Crippen MR) is 101 cm³/mol. The average Bonchev–Trinajstić information content (AvgIpc) is 2.96. The second-order valence-electron chi connectivity index (χ2n) is 6.60. The lowest BCUT2D eigenvalue weighted by molar-refractivity contribution is 0.117. The first-order chi connectivity index (χ1) is 12.2. The molecule has 1 unspecified atom stereocenters. The van der Waals surface area contributed by atoms with Gasteiger partial charge in [-0.1, -0.05) is 30.3 Å². The maximum Gasteiger partial charge on any atom is 0.262 e. The maximum absolute atomic E-state index is 12.9. The average molecular weight is 355 g/mol. The normalized spacial score (nSPS) is 19.2. The van der Waals surface area contributed by atoms with Crippen LogP contribution in [0.5, 0.6) is 0 Å². The van der Waals surface area contributed by atoms with E-state index in [0.29, 0.717) is 24.5 Å². The standard InChI is InChI=1S/C19H21N3O2S/c1-21-7-8-24-12-14(10-21)11-22-13-20-18-16(19(22)23)9-17(25-18)15-5-3-2-4-6-15/h2-6,9,13-14H,7-8,10-12H2,1H3. The highest BCUT2D eigenvalue weighted by atomic mass is 32.1.